The number of aromatic nitrogens is 2. The summed E-state index contributed by atoms with van der Waals surface area (Å²) in [6.45, 7) is 1.39. The minimum Gasteiger partial charge on any atom is -0.395 e. The summed E-state index contributed by atoms with van der Waals surface area (Å²) in [5, 5.41) is 12.1. The molecule has 10 nitrogen and oxygen atoms in total. The fourth-order valence-electron chi connectivity index (χ4n) is 5.88. The van der Waals surface area contributed by atoms with E-state index >= 15 is 0 Å². The molecule has 2 aliphatic heterocycles. The van der Waals surface area contributed by atoms with Gasteiger partial charge < -0.3 is 20.2 Å². The Kier molecular flexibility index (Phi) is 7.05. The highest BCUT2D eigenvalue weighted by molar-refractivity contribution is 7.92. The van der Waals surface area contributed by atoms with Crippen LogP contribution in [0.4, 0.5) is 31.7 Å². The number of pyridine rings is 1. The van der Waals surface area contributed by atoms with Crippen molar-refractivity contribution in [1.82, 2.24) is 9.38 Å². The smallest absolute Gasteiger partial charge is 0.257 e. The predicted molar refractivity (Wildman–Crippen MR) is 154 cm³/mol. The number of sulfonamides is 1. The number of nitrogens with zero attached hydrogens (tertiary/aromatic N) is 4. The van der Waals surface area contributed by atoms with Gasteiger partial charge in [0, 0.05) is 69.2 Å². The highest BCUT2D eigenvalue weighted by atomic mass is 32.2. The van der Waals surface area contributed by atoms with Gasteiger partial charge in [-0.25, -0.2) is 22.2 Å². The topological polar surface area (TPSA) is 119 Å². The molecule has 0 unspecified atom stereocenters. The molecular formula is C28H34F2N6O4S. The van der Waals surface area contributed by atoms with Crippen LogP contribution in [0, 0.1) is 5.41 Å². The van der Waals surface area contributed by atoms with Crippen molar-refractivity contribution in [2.24, 2.45) is 5.41 Å². The number of aliphatic hydroxyl groups excluding tert-OH is 1. The SMILES string of the molecule is O=C(Nc1cc(N2CCC(F)(F)CC2)n2ccnc2c1)c1ccc(NS(=O)(=O)CCO)cc1N1CCC2(CC1)CC2. The highest BCUT2D eigenvalue weighted by Gasteiger charge is 2.44. The number of piperidine rings is 2. The first-order valence-electron chi connectivity index (χ1n) is 14.0. The molecule has 41 heavy (non-hydrogen) atoms. The van der Waals surface area contributed by atoms with Crippen LogP contribution in [0.3, 0.4) is 0 Å². The summed E-state index contributed by atoms with van der Waals surface area (Å²) in [6, 6.07) is 8.31. The molecular weight excluding hydrogens is 554 g/mol. The van der Waals surface area contributed by atoms with E-state index in [1.54, 1.807) is 36.7 Å². The molecule has 13 heteroatoms. The summed E-state index contributed by atoms with van der Waals surface area (Å²) in [5.41, 5.74) is 2.81. The Morgan fingerprint density at radius 2 is 1.66 bits per heavy atom. The lowest BCUT2D eigenvalue weighted by atomic mass is 9.93. The van der Waals surface area contributed by atoms with E-state index in [1.165, 1.54) is 18.9 Å². The van der Waals surface area contributed by atoms with Gasteiger partial charge in [-0.05, 0) is 49.3 Å². The zero-order valence-electron chi connectivity index (χ0n) is 22.7. The number of alkyl halides is 2. The standard InChI is InChI=1S/C28H34F2N6O4S/c29-28(30)7-12-35(13-8-28)25-19-21(18-24-31-9-14-36(24)25)32-26(38)22-2-1-20(33-41(39,40)16-15-37)17-23(22)34-10-5-27(3-4-27)6-11-34/h1-2,9,14,17-19,33,37H,3-8,10-13,15-16H2,(H,32,38). The van der Waals surface area contributed by atoms with Crippen LogP contribution in [0.25, 0.3) is 5.65 Å². The van der Waals surface area contributed by atoms with Gasteiger partial charge in [0.25, 0.3) is 11.8 Å². The molecule has 2 aromatic heterocycles. The Labute approximate surface area is 237 Å². The van der Waals surface area contributed by atoms with Gasteiger partial charge in [-0.1, -0.05) is 0 Å². The highest BCUT2D eigenvalue weighted by Crippen LogP contribution is 2.54. The van der Waals surface area contributed by atoms with Crippen molar-refractivity contribution < 1.29 is 27.1 Å². The van der Waals surface area contributed by atoms with E-state index < -0.39 is 28.3 Å². The lowest BCUT2D eigenvalue weighted by molar-refractivity contribution is -0.0221. The Morgan fingerprint density at radius 3 is 2.34 bits per heavy atom. The van der Waals surface area contributed by atoms with Crippen molar-refractivity contribution in [2.75, 3.05) is 58.4 Å². The molecule has 0 radical (unpaired) electrons. The van der Waals surface area contributed by atoms with Gasteiger partial charge in [0.2, 0.25) is 10.0 Å². The molecule has 1 amide bonds. The van der Waals surface area contributed by atoms with Crippen molar-refractivity contribution in [3.05, 3.63) is 48.3 Å². The van der Waals surface area contributed by atoms with E-state index in [9.17, 15) is 22.0 Å². The summed E-state index contributed by atoms with van der Waals surface area (Å²) < 4.78 is 56.6. The number of hydrogen-bond acceptors (Lipinski definition) is 7. The molecule has 3 fully saturated rings. The molecule has 3 aromatic rings. The number of nitrogens with one attached hydrogen (secondary N) is 2. The summed E-state index contributed by atoms with van der Waals surface area (Å²) in [4.78, 5) is 22.1. The van der Waals surface area contributed by atoms with E-state index in [4.69, 9.17) is 5.11 Å². The van der Waals surface area contributed by atoms with Gasteiger partial charge in [0.15, 0.2) is 0 Å². The van der Waals surface area contributed by atoms with Crippen molar-refractivity contribution >= 4 is 44.5 Å². The van der Waals surface area contributed by atoms with Crippen LogP contribution >= 0.6 is 0 Å². The minimum absolute atomic E-state index is 0.186. The number of imidazole rings is 1. The third kappa shape index (κ3) is 5.96. The molecule has 4 heterocycles. The second-order valence-corrected chi connectivity index (χ2v) is 13.3. The zero-order chi connectivity index (χ0) is 28.8. The van der Waals surface area contributed by atoms with Gasteiger partial charge in [-0.2, -0.15) is 0 Å². The zero-order valence-corrected chi connectivity index (χ0v) is 23.5. The van der Waals surface area contributed by atoms with E-state index in [0.29, 0.717) is 39.5 Å². The van der Waals surface area contributed by atoms with Crippen LogP contribution in [0.1, 0.15) is 48.9 Å². The molecule has 220 valence electrons. The first kappa shape index (κ1) is 27.7. The molecule has 3 N–H and O–H groups in total. The van der Waals surface area contributed by atoms with Crippen molar-refractivity contribution in [2.45, 2.75) is 44.4 Å². The normalized spacial score (nSPS) is 19.9. The second kappa shape index (κ2) is 10.4. The van der Waals surface area contributed by atoms with E-state index in [0.717, 1.165) is 25.9 Å². The first-order valence-corrected chi connectivity index (χ1v) is 15.6. The molecule has 1 saturated carbocycles. The molecule has 1 spiro atoms. The number of amides is 1. The fourth-order valence-corrected chi connectivity index (χ4v) is 6.71. The lowest BCUT2D eigenvalue weighted by Crippen LogP contribution is -2.40. The fraction of sp³-hybridized carbons (Fsp3) is 0.500. The quantitative estimate of drug-likeness (QED) is 0.365. The molecule has 2 saturated heterocycles. The lowest BCUT2D eigenvalue weighted by Gasteiger charge is -2.35. The van der Waals surface area contributed by atoms with E-state index in [2.05, 4.69) is 19.9 Å². The monoisotopic (exact) mass is 588 g/mol. The number of carbonyl (C=O) groups excluding carboxylic acids is 1. The Balaban J connectivity index is 1.29. The van der Waals surface area contributed by atoms with Crippen LogP contribution in [0.2, 0.25) is 0 Å². The number of hydrogen-bond donors (Lipinski definition) is 3. The number of aliphatic hydroxyl groups is 1. The number of rotatable bonds is 8. The average Bonchev–Trinajstić information content (AvgIpc) is 3.50. The van der Waals surface area contributed by atoms with E-state index in [-0.39, 0.29) is 31.8 Å². The Hall–Kier alpha value is -3.45. The maximum absolute atomic E-state index is 13.8. The van der Waals surface area contributed by atoms with Crippen LogP contribution in [0.15, 0.2) is 42.7 Å². The number of carbonyl (C=O) groups is 1. The maximum atomic E-state index is 13.8. The van der Waals surface area contributed by atoms with Gasteiger partial charge >= 0.3 is 0 Å². The van der Waals surface area contributed by atoms with Crippen molar-refractivity contribution in [3.8, 4) is 0 Å². The Morgan fingerprint density at radius 1 is 0.951 bits per heavy atom. The van der Waals surface area contributed by atoms with Crippen molar-refractivity contribution in [1.29, 1.82) is 0 Å². The van der Waals surface area contributed by atoms with Crippen LogP contribution < -0.4 is 19.8 Å². The molecule has 3 aliphatic rings. The number of fused-ring (bicyclic) bond motifs is 1. The molecule has 1 aliphatic carbocycles. The maximum Gasteiger partial charge on any atom is 0.257 e. The number of halogens is 2. The summed E-state index contributed by atoms with van der Waals surface area (Å²) >= 11 is 0. The molecule has 6 rings (SSSR count). The summed E-state index contributed by atoms with van der Waals surface area (Å²) in [7, 11) is -3.74. The van der Waals surface area contributed by atoms with Crippen LogP contribution in [-0.2, 0) is 10.0 Å². The third-order valence-electron chi connectivity index (χ3n) is 8.56. The minimum atomic E-state index is -3.74. The summed E-state index contributed by atoms with van der Waals surface area (Å²) in [6.07, 6.45) is 7.39. The van der Waals surface area contributed by atoms with Gasteiger partial charge in [-0.3, -0.25) is 13.9 Å². The van der Waals surface area contributed by atoms with Crippen molar-refractivity contribution in [3.63, 3.8) is 0 Å². The largest absolute Gasteiger partial charge is 0.395 e. The number of anilines is 4. The van der Waals surface area contributed by atoms with Gasteiger partial charge in [0.05, 0.1) is 29.3 Å². The van der Waals surface area contributed by atoms with Crippen LogP contribution in [0.5, 0.6) is 0 Å². The van der Waals surface area contributed by atoms with Crippen LogP contribution in [-0.4, -0.2) is 73.3 Å². The predicted octanol–water partition coefficient (Wildman–Crippen LogP) is 3.94. The van der Waals surface area contributed by atoms with Gasteiger partial charge in [0.1, 0.15) is 11.5 Å². The van der Waals surface area contributed by atoms with E-state index in [1.807, 2.05) is 9.30 Å². The molecule has 0 atom stereocenters. The average molecular weight is 589 g/mol. The first-order chi connectivity index (χ1) is 19.6. The molecule has 0 bridgehead atoms. The number of benzene rings is 1. The third-order valence-corrected chi connectivity index (χ3v) is 9.83. The molecule has 1 aromatic carbocycles. The summed E-state index contributed by atoms with van der Waals surface area (Å²) in [5.74, 6) is -2.81. The van der Waals surface area contributed by atoms with Gasteiger partial charge in [-0.15, -0.1) is 0 Å². The second-order valence-electron chi connectivity index (χ2n) is 11.4. The Bertz CT molecular complexity index is 1550.